The van der Waals surface area contributed by atoms with Crippen molar-refractivity contribution in [1.82, 2.24) is 0 Å². The summed E-state index contributed by atoms with van der Waals surface area (Å²) in [5, 5.41) is 28.6. The fourth-order valence-electron chi connectivity index (χ4n) is 5.74. The number of aliphatic hydroxyl groups is 3. The summed E-state index contributed by atoms with van der Waals surface area (Å²) >= 11 is 0. The zero-order valence-corrected chi connectivity index (χ0v) is 37.0. The lowest BCUT2D eigenvalue weighted by atomic mass is 10.1. The number of unbranched alkanes of at least 4 members (excludes halogenated alkanes) is 16. The van der Waals surface area contributed by atoms with Crippen molar-refractivity contribution in [2.24, 2.45) is 0 Å². The van der Waals surface area contributed by atoms with E-state index in [0.29, 0.717) is 19.3 Å². The van der Waals surface area contributed by atoms with Gasteiger partial charge in [0, 0.05) is 12.8 Å². The van der Waals surface area contributed by atoms with E-state index < -0.39 is 64.5 Å². The SMILES string of the molecule is CCCCC/C=C\C/C=C\CCCCCCCCCC(=O)O[C@H](COC(=O)CCCC(O)/C=C/C=C/C/C=C/CCCCCCCC)COP(=O)(O)OC[C@@H](O)CO. The molecular weight excluding hydrogens is 759 g/mol. The van der Waals surface area contributed by atoms with Crippen LogP contribution in [0.2, 0.25) is 0 Å². The molecule has 0 aliphatic carbocycles. The maximum absolute atomic E-state index is 12.6. The first-order chi connectivity index (χ1) is 28.1. The Hall–Kier alpha value is -2.37. The number of aliphatic hydroxyl groups excluding tert-OH is 3. The van der Waals surface area contributed by atoms with Crippen molar-refractivity contribution in [3.63, 3.8) is 0 Å². The number of carbonyl (C=O) groups is 2. The van der Waals surface area contributed by atoms with E-state index in [-0.39, 0.29) is 12.8 Å². The Bertz CT molecular complexity index is 1170. The highest BCUT2D eigenvalue weighted by atomic mass is 31.2. The topological polar surface area (TPSA) is 169 Å². The molecular formula is C46H81O11P. The van der Waals surface area contributed by atoms with E-state index in [1.165, 1.54) is 77.0 Å². The molecule has 0 rings (SSSR count). The van der Waals surface area contributed by atoms with Crippen LogP contribution in [0.25, 0.3) is 0 Å². The van der Waals surface area contributed by atoms with Crippen LogP contribution in [-0.4, -0.2) is 76.9 Å². The van der Waals surface area contributed by atoms with Crippen molar-refractivity contribution in [3.8, 4) is 0 Å². The van der Waals surface area contributed by atoms with Crippen LogP contribution in [0.15, 0.2) is 60.8 Å². The quantitative estimate of drug-likeness (QED) is 0.0152. The Morgan fingerprint density at radius 3 is 1.69 bits per heavy atom. The Morgan fingerprint density at radius 1 is 0.586 bits per heavy atom. The summed E-state index contributed by atoms with van der Waals surface area (Å²) in [6.45, 7) is 2.12. The third kappa shape index (κ3) is 40.4. The first-order valence-electron chi connectivity index (χ1n) is 22.4. The van der Waals surface area contributed by atoms with Gasteiger partial charge in [-0.1, -0.05) is 152 Å². The third-order valence-electron chi connectivity index (χ3n) is 9.25. The molecule has 11 nitrogen and oxygen atoms in total. The highest BCUT2D eigenvalue weighted by Crippen LogP contribution is 2.43. The number of ether oxygens (including phenoxy) is 2. The minimum absolute atomic E-state index is 0.0138. The van der Waals surface area contributed by atoms with E-state index >= 15 is 0 Å². The average molecular weight is 841 g/mol. The molecule has 0 aromatic carbocycles. The molecule has 0 spiro atoms. The molecule has 0 aliphatic heterocycles. The molecule has 0 aliphatic rings. The van der Waals surface area contributed by atoms with Crippen molar-refractivity contribution >= 4 is 19.8 Å². The fourth-order valence-corrected chi connectivity index (χ4v) is 6.53. The smallest absolute Gasteiger partial charge is 0.462 e. The van der Waals surface area contributed by atoms with Gasteiger partial charge in [-0.3, -0.25) is 18.6 Å². The Kier molecular flexibility index (Phi) is 39.7. The molecule has 0 fully saturated rings. The lowest BCUT2D eigenvalue weighted by Gasteiger charge is -2.20. The summed E-state index contributed by atoms with van der Waals surface area (Å²) < 4.78 is 32.6. The molecule has 0 saturated heterocycles. The number of rotatable bonds is 41. The van der Waals surface area contributed by atoms with E-state index in [2.05, 4.69) is 54.8 Å². The van der Waals surface area contributed by atoms with Gasteiger partial charge in [0.2, 0.25) is 0 Å². The molecule has 4 atom stereocenters. The summed E-state index contributed by atoms with van der Waals surface area (Å²) in [5.74, 6) is -1.13. The van der Waals surface area contributed by atoms with Crippen LogP contribution in [-0.2, 0) is 32.7 Å². The van der Waals surface area contributed by atoms with Gasteiger partial charge in [0.05, 0.1) is 25.9 Å². The van der Waals surface area contributed by atoms with Crippen LogP contribution in [0.4, 0.5) is 0 Å². The van der Waals surface area contributed by atoms with Gasteiger partial charge in [0.25, 0.3) is 0 Å². The molecule has 58 heavy (non-hydrogen) atoms. The number of hydrogen-bond donors (Lipinski definition) is 4. The number of allylic oxidation sites excluding steroid dienone is 9. The standard InChI is InChI=1S/C46H81O11P/c1-3-5-7-9-11-13-15-17-18-19-20-22-24-26-28-30-32-36-46(51)57-44(41-56-58(52,53)55-39-43(49)38-47)40-54-45(50)37-33-35-42(48)34-31-29-27-25-23-21-16-14-12-10-8-6-4-2/h11,13,17-18,21,23,27,29,31,34,42-44,47-49H,3-10,12,14-16,19-20,22,24-26,28,30,32-33,35-41H2,1-2H3,(H,52,53)/b13-11-,18-17-,23-21+,29-27+,34-31+/t42?,43-,44+/m0/s1. The van der Waals surface area contributed by atoms with Gasteiger partial charge in [0.1, 0.15) is 12.7 Å². The van der Waals surface area contributed by atoms with Gasteiger partial charge in [-0.15, -0.1) is 0 Å². The number of carbonyl (C=O) groups excluding carboxylic acids is 2. The van der Waals surface area contributed by atoms with Gasteiger partial charge in [-0.2, -0.15) is 0 Å². The van der Waals surface area contributed by atoms with E-state index in [1.807, 2.05) is 12.2 Å². The average Bonchev–Trinajstić information content (AvgIpc) is 3.20. The Morgan fingerprint density at radius 2 is 1.09 bits per heavy atom. The first kappa shape index (κ1) is 55.6. The molecule has 0 heterocycles. The summed E-state index contributed by atoms with van der Waals surface area (Å²) in [5.41, 5.74) is 0. The molecule has 336 valence electrons. The van der Waals surface area contributed by atoms with Crippen LogP contribution in [0.5, 0.6) is 0 Å². The Balaban J connectivity index is 4.48. The van der Waals surface area contributed by atoms with Crippen LogP contribution in [0.3, 0.4) is 0 Å². The van der Waals surface area contributed by atoms with Gasteiger partial charge < -0.3 is 29.7 Å². The predicted octanol–water partition coefficient (Wildman–Crippen LogP) is 10.9. The Labute approximate surface area is 351 Å². The highest BCUT2D eigenvalue weighted by Gasteiger charge is 2.27. The summed E-state index contributed by atoms with van der Waals surface area (Å²) in [4.78, 5) is 35.0. The van der Waals surface area contributed by atoms with Crippen molar-refractivity contribution in [1.29, 1.82) is 0 Å². The zero-order valence-electron chi connectivity index (χ0n) is 36.1. The summed E-state index contributed by atoms with van der Waals surface area (Å²) in [6, 6.07) is 0. The van der Waals surface area contributed by atoms with E-state index in [9.17, 15) is 29.3 Å². The van der Waals surface area contributed by atoms with Gasteiger partial charge in [-0.05, 0) is 70.6 Å². The van der Waals surface area contributed by atoms with Gasteiger partial charge in [0.15, 0.2) is 6.10 Å². The first-order valence-corrected chi connectivity index (χ1v) is 23.8. The molecule has 12 heteroatoms. The largest absolute Gasteiger partial charge is 0.472 e. The molecule has 4 N–H and O–H groups in total. The lowest BCUT2D eigenvalue weighted by molar-refractivity contribution is -0.161. The van der Waals surface area contributed by atoms with E-state index in [4.69, 9.17) is 19.1 Å². The summed E-state index contributed by atoms with van der Waals surface area (Å²) in [7, 11) is -4.67. The second-order valence-electron chi connectivity index (χ2n) is 14.9. The monoisotopic (exact) mass is 841 g/mol. The minimum Gasteiger partial charge on any atom is -0.462 e. The molecule has 2 unspecified atom stereocenters. The maximum Gasteiger partial charge on any atom is 0.472 e. The van der Waals surface area contributed by atoms with Crippen molar-refractivity contribution in [2.75, 3.05) is 26.4 Å². The van der Waals surface area contributed by atoms with Crippen LogP contribution < -0.4 is 0 Å². The molecule has 0 bridgehead atoms. The van der Waals surface area contributed by atoms with Crippen LogP contribution in [0, 0.1) is 0 Å². The number of phosphoric acid groups is 1. The molecule has 0 aromatic rings. The molecule has 0 radical (unpaired) electrons. The highest BCUT2D eigenvalue weighted by molar-refractivity contribution is 7.47. The maximum atomic E-state index is 12.6. The van der Waals surface area contributed by atoms with Crippen LogP contribution in [0.1, 0.15) is 174 Å². The second kappa shape index (κ2) is 41.4. The minimum atomic E-state index is -4.67. The van der Waals surface area contributed by atoms with Crippen molar-refractivity contribution in [2.45, 2.75) is 193 Å². The number of esters is 2. The number of phosphoric ester groups is 1. The zero-order chi connectivity index (χ0) is 42.8. The van der Waals surface area contributed by atoms with E-state index in [0.717, 1.165) is 51.4 Å². The van der Waals surface area contributed by atoms with Crippen LogP contribution >= 0.6 is 7.82 Å². The van der Waals surface area contributed by atoms with Gasteiger partial charge >= 0.3 is 19.8 Å². The predicted molar refractivity (Wildman–Crippen MR) is 234 cm³/mol. The fraction of sp³-hybridized carbons (Fsp3) is 0.739. The van der Waals surface area contributed by atoms with Crippen molar-refractivity contribution in [3.05, 3.63) is 60.8 Å². The third-order valence-corrected chi connectivity index (χ3v) is 10.2. The van der Waals surface area contributed by atoms with Crippen molar-refractivity contribution < 1.29 is 52.9 Å². The lowest BCUT2D eigenvalue weighted by Crippen LogP contribution is -2.30. The molecule has 0 amide bonds. The van der Waals surface area contributed by atoms with E-state index in [1.54, 1.807) is 12.2 Å². The van der Waals surface area contributed by atoms with Gasteiger partial charge in [-0.25, -0.2) is 4.57 Å². The summed E-state index contributed by atoms with van der Waals surface area (Å²) in [6.07, 6.45) is 42.1. The second-order valence-corrected chi connectivity index (χ2v) is 16.4. The normalized spacial score (nSPS) is 14.9. The molecule has 0 saturated carbocycles. The molecule has 0 aromatic heterocycles. The number of hydrogen-bond acceptors (Lipinski definition) is 10.